The number of ether oxygens (including phenoxy) is 2. The summed E-state index contributed by atoms with van der Waals surface area (Å²) in [6, 6.07) is 32.9. The van der Waals surface area contributed by atoms with Gasteiger partial charge in [0.05, 0.1) is 12.7 Å². The van der Waals surface area contributed by atoms with E-state index in [1.54, 1.807) is 12.1 Å². The Bertz CT molecular complexity index is 1220. The molecule has 4 aromatic rings. The molecule has 0 saturated heterocycles. The van der Waals surface area contributed by atoms with Crippen molar-refractivity contribution in [1.29, 1.82) is 0 Å². The van der Waals surface area contributed by atoms with Crippen molar-refractivity contribution in [3.63, 3.8) is 0 Å². The summed E-state index contributed by atoms with van der Waals surface area (Å²) < 4.78 is 25.9. The molecule has 38 heavy (non-hydrogen) atoms. The quantitative estimate of drug-likeness (QED) is 0.174. The van der Waals surface area contributed by atoms with E-state index in [9.17, 15) is 9.50 Å². The van der Waals surface area contributed by atoms with Gasteiger partial charge >= 0.3 is 0 Å². The molecule has 0 spiro atoms. The first-order chi connectivity index (χ1) is 18.7. The molecule has 0 aliphatic rings. The zero-order valence-corrected chi connectivity index (χ0v) is 21.7. The average Bonchev–Trinajstić information content (AvgIpc) is 2.96. The van der Waals surface area contributed by atoms with Gasteiger partial charge in [0.15, 0.2) is 11.6 Å². The van der Waals surface area contributed by atoms with Crippen LogP contribution in [0.5, 0.6) is 11.5 Å². The summed E-state index contributed by atoms with van der Waals surface area (Å²) in [7, 11) is 0. The first-order valence-electron chi connectivity index (χ1n) is 13.3. The minimum atomic E-state index is -0.801. The Morgan fingerprint density at radius 3 is 2.11 bits per heavy atom. The van der Waals surface area contributed by atoms with E-state index < -0.39 is 11.9 Å². The zero-order valence-electron chi connectivity index (χ0n) is 21.7. The number of aliphatic hydroxyl groups is 1. The van der Waals surface area contributed by atoms with E-state index in [4.69, 9.17) is 9.47 Å². The maximum Gasteiger partial charge on any atom is 0.165 e. The Balaban J connectivity index is 1.11. The molecule has 0 radical (unpaired) electrons. The molecule has 0 bridgehead atoms. The summed E-state index contributed by atoms with van der Waals surface area (Å²) in [5, 5.41) is 13.7. The number of rotatable bonds is 15. The van der Waals surface area contributed by atoms with Crippen molar-refractivity contribution in [2.75, 3.05) is 19.7 Å². The van der Waals surface area contributed by atoms with E-state index in [1.165, 1.54) is 17.2 Å². The second-order valence-electron chi connectivity index (χ2n) is 9.37. The fourth-order valence-corrected chi connectivity index (χ4v) is 4.18. The van der Waals surface area contributed by atoms with Crippen LogP contribution in [0.1, 0.15) is 41.2 Å². The van der Waals surface area contributed by atoms with Crippen LogP contribution in [0.15, 0.2) is 103 Å². The number of benzene rings is 4. The van der Waals surface area contributed by atoms with Crippen LogP contribution in [-0.2, 0) is 19.4 Å². The number of aryl methyl sites for hydroxylation is 1. The Morgan fingerprint density at radius 1 is 0.711 bits per heavy atom. The smallest absolute Gasteiger partial charge is 0.165 e. The molecular formula is C33H36FNO3. The lowest BCUT2D eigenvalue weighted by molar-refractivity contribution is 0.174. The van der Waals surface area contributed by atoms with E-state index in [1.807, 2.05) is 48.5 Å². The fourth-order valence-electron chi connectivity index (χ4n) is 4.18. The maximum absolute atomic E-state index is 14.5. The van der Waals surface area contributed by atoms with Crippen LogP contribution in [0.2, 0.25) is 0 Å². The molecule has 0 aliphatic heterocycles. The van der Waals surface area contributed by atoms with E-state index in [0.717, 1.165) is 37.0 Å². The molecule has 0 aliphatic carbocycles. The van der Waals surface area contributed by atoms with E-state index in [-0.39, 0.29) is 5.75 Å². The molecule has 4 aromatic carbocycles. The first-order valence-corrected chi connectivity index (χ1v) is 13.3. The number of unbranched alkanes of at least 4 members (excludes halogenated alkanes) is 1. The molecule has 1 atom stereocenters. The molecule has 0 heterocycles. The van der Waals surface area contributed by atoms with Gasteiger partial charge in [-0.1, -0.05) is 78.9 Å². The highest BCUT2D eigenvalue weighted by Crippen LogP contribution is 2.23. The van der Waals surface area contributed by atoms with Gasteiger partial charge in [0.25, 0.3) is 0 Å². The Morgan fingerprint density at radius 2 is 1.39 bits per heavy atom. The molecular weight excluding hydrogens is 477 g/mol. The zero-order chi connectivity index (χ0) is 26.4. The van der Waals surface area contributed by atoms with Crippen LogP contribution in [0.3, 0.4) is 0 Å². The Hall–Kier alpha value is -3.67. The number of hydrogen-bond acceptors (Lipinski definition) is 4. The van der Waals surface area contributed by atoms with Gasteiger partial charge in [-0.15, -0.1) is 0 Å². The highest BCUT2D eigenvalue weighted by molar-refractivity contribution is 5.31. The molecule has 0 unspecified atom stereocenters. The van der Waals surface area contributed by atoms with Crippen LogP contribution >= 0.6 is 0 Å². The van der Waals surface area contributed by atoms with E-state index in [2.05, 4.69) is 41.7 Å². The van der Waals surface area contributed by atoms with Crippen molar-refractivity contribution in [2.24, 2.45) is 0 Å². The minimum absolute atomic E-state index is 0.178. The summed E-state index contributed by atoms with van der Waals surface area (Å²) in [6.07, 6.45) is 3.23. The van der Waals surface area contributed by atoms with Crippen molar-refractivity contribution in [2.45, 2.75) is 38.4 Å². The lowest BCUT2D eigenvalue weighted by Gasteiger charge is -2.14. The van der Waals surface area contributed by atoms with Crippen LogP contribution < -0.4 is 14.8 Å². The third-order valence-electron chi connectivity index (χ3n) is 6.40. The van der Waals surface area contributed by atoms with Gasteiger partial charge in [-0.2, -0.15) is 0 Å². The lowest BCUT2D eigenvalue weighted by atomic mass is 10.1. The lowest BCUT2D eigenvalue weighted by Crippen LogP contribution is -2.23. The molecule has 0 amide bonds. The van der Waals surface area contributed by atoms with Gasteiger partial charge in [0, 0.05) is 6.54 Å². The van der Waals surface area contributed by atoms with Crippen molar-refractivity contribution in [1.82, 2.24) is 5.32 Å². The van der Waals surface area contributed by atoms with E-state index in [0.29, 0.717) is 31.9 Å². The highest BCUT2D eigenvalue weighted by atomic mass is 19.1. The number of hydrogen-bond donors (Lipinski definition) is 2. The fraction of sp³-hybridized carbons (Fsp3) is 0.273. The van der Waals surface area contributed by atoms with Crippen molar-refractivity contribution >= 4 is 0 Å². The summed E-state index contributed by atoms with van der Waals surface area (Å²) >= 11 is 0. The summed E-state index contributed by atoms with van der Waals surface area (Å²) in [6.45, 7) is 2.06. The molecule has 198 valence electrons. The maximum atomic E-state index is 14.5. The molecule has 0 fully saturated rings. The first kappa shape index (κ1) is 27.4. The minimum Gasteiger partial charge on any atom is -0.494 e. The Labute approximate surface area is 225 Å². The highest BCUT2D eigenvalue weighted by Gasteiger charge is 2.12. The molecule has 0 aromatic heterocycles. The summed E-state index contributed by atoms with van der Waals surface area (Å²) in [4.78, 5) is 0. The van der Waals surface area contributed by atoms with Gasteiger partial charge in [-0.3, -0.25) is 0 Å². The normalized spacial score (nSPS) is 11.7. The molecule has 2 N–H and O–H groups in total. The van der Waals surface area contributed by atoms with Crippen molar-refractivity contribution in [3.05, 3.63) is 131 Å². The number of halogens is 1. The molecule has 4 rings (SSSR count). The predicted octanol–water partition coefficient (Wildman–Crippen LogP) is 6.67. The topological polar surface area (TPSA) is 50.7 Å². The molecule has 0 saturated carbocycles. The molecule has 5 heteroatoms. The third kappa shape index (κ3) is 9.02. The van der Waals surface area contributed by atoms with Gasteiger partial charge in [0.2, 0.25) is 0 Å². The van der Waals surface area contributed by atoms with Crippen molar-refractivity contribution in [3.8, 4) is 11.5 Å². The van der Waals surface area contributed by atoms with Crippen LogP contribution in [-0.4, -0.2) is 24.8 Å². The van der Waals surface area contributed by atoms with Gasteiger partial charge < -0.3 is 19.9 Å². The van der Waals surface area contributed by atoms with Crippen LogP contribution in [0, 0.1) is 5.82 Å². The standard InChI is InChI=1S/C33H36FNO3/c34-31-23-29(16-19-33(31)38-25-28-12-5-2-6-13-28)32(36)24-35-21-20-27-14-17-30(18-15-27)37-22-8-7-11-26-9-3-1-4-10-26/h1-6,9-10,12-19,23,32,35-36H,7-8,11,20-22,24-25H2/t32-/m0/s1. The number of aliphatic hydroxyl groups excluding tert-OH is 1. The monoisotopic (exact) mass is 513 g/mol. The second kappa shape index (κ2) is 14.9. The predicted molar refractivity (Wildman–Crippen MR) is 150 cm³/mol. The van der Waals surface area contributed by atoms with Crippen LogP contribution in [0.25, 0.3) is 0 Å². The summed E-state index contributed by atoms with van der Waals surface area (Å²) in [5.41, 5.74) is 4.05. The third-order valence-corrected chi connectivity index (χ3v) is 6.40. The largest absolute Gasteiger partial charge is 0.494 e. The van der Waals surface area contributed by atoms with Crippen LogP contribution in [0.4, 0.5) is 4.39 Å². The van der Waals surface area contributed by atoms with E-state index >= 15 is 0 Å². The average molecular weight is 514 g/mol. The Kier molecular flexibility index (Phi) is 10.7. The van der Waals surface area contributed by atoms with Gasteiger partial charge in [-0.25, -0.2) is 4.39 Å². The van der Waals surface area contributed by atoms with Gasteiger partial charge in [0.1, 0.15) is 12.4 Å². The van der Waals surface area contributed by atoms with Crippen molar-refractivity contribution < 1.29 is 19.0 Å². The molecule has 4 nitrogen and oxygen atoms in total. The van der Waals surface area contributed by atoms with Gasteiger partial charge in [-0.05, 0) is 78.7 Å². The SMILES string of the molecule is O[C@@H](CNCCc1ccc(OCCCCc2ccccc2)cc1)c1ccc(OCc2ccccc2)c(F)c1. The number of nitrogens with one attached hydrogen (secondary N) is 1. The second-order valence-corrected chi connectivity index (χ2v) is 9.37. The summed E-state index contributed by atoms with van der Waals surface area (Å²) in [5.74, 6) is 0.587.